The van der Waals surface area contributed by atoms with E-state index >= 15 is 0 Å². The third-order valence-electron chi connectivity index (χ3n) is 3.30. The molecule has 0 fully saturated rings. The summed E-state index contributed by atoms with van der Waals surface area (Å²) in [5.41, 5.74) is 4.21. The molecule has 5 heteroatoms. The van der Waals surface area contributed by atoms with E-state index in [-0.39, 0.29) is 0 Å². The molecule has 0 bridgehead atoms. The Balaban J connectivity index is 2.21. The molecule has 0 spiro atoms. The minimum absolute atomic E-state index is 0.497. The van der Waals surface area contributed by atoms with Crippen molar-refractivity contribution in [2.75, 3.05) is 24.3 Å². The number of nitrogens with zero attached hydrogens (tertiary/aromatic N) is 1. The summed E-state index contributed by atoms with van der Waals surface area (Å²) in [6.07, 6.45) is 0. The van der Waals surface area contributed by atoms with Crippen molar-refractivity contribution in [3.05, 3.63) is 56.5 Å². The molecule has 21 heavy (non-hydrogen) atoms. The molecule has 2 rings (SSSR count). The Kier molecular flexibility index (Phi) is 5.26. The van der Waals surface area contributed by atoms with E-state index in [2.05, 4.69) is 29.3 Å². The van der Waals surface area contributed by atoms with Crippen molar-refractivity contribution in [2.45, 2.75) is 13.5 Å². The van der Waals surface area contributed by atoms with Crippen molar-refractivity contribution in [2.24, 2.45) is 0 Å². The van der Waals surface area contributed by atoms with E-state index in [0.717, 1.165) is 11.3 Å². The number of hydrogen-bond acceptors (Lipinski definition) is 2. The number of anilines is 2. The minimum atomic E-state index is 0.497. The normalized spacial score (nSPS) is 10.6. The molecule has 2 nitrogen and oxygen atoms in total. The number of aryl methyl sites for hydroxylation is 1. The van der Waals surface area contributed by atoms with Gasteiger partial charge in [-0.2, -0.15) is 0 Å². The molecule has 1 N–H and O–H groups in total. The summed E-state index contributed by atoms with van der Waals surface area (Å²) >= 11 is 18.4. The second kappa shape index (κ2) is 6.78. The van der Waals surface area contributed by atoms with Gasteiger partial charge in [0.25, 0.3) is 0 Å². The van der Waals surface area contributed by atoms with Crippen LogP contribution in [-0.4, -0.2) is 14.1 Å². The molecule has 0 atom stereocenters. The van der Waals surface area contributed by atoms with Gasteiger partial charge >= 0.3 is 0 Å². The lowest BCUT2D eigenvalue weighted by atomic mass is 10.1. The monoisotopic (exact) mass is 342 g/mol. The summed E-state index contributed by atoms with van der Waals surface area (Å²) in [6, 6.07) is 9.67. The highest BCUT2D eigenvalue weighted by Gasteiger charge is 2.10. The van der Waals surface area contributed by atoms with Gasteiger partial charge in [0.15, 0.2) is 0 Å². The van der Waals surface area contributed by atoms with Crippen molar-refractivity contribution in [1.29, 1.82) is 0 Å². The molecule has 0 saturated carbocycles. The van der Waals surface area contributed by atoms with Crippen LogP contribution in [0.2, 0.25) is 15.1 Å². The second-order valence-electron chi connectivity index (χ2n) is 5.07. The predicted octanol–water partition coefficient (Wildman–Crippen LogP) is 5.63. The lowest BCUT2D eigenvalue weighted by molar-refractivity contribution is 1.10. The maximum Gasteiger partial charge on any atom is 0.0657 e. The molecule has 0 aliphatic rings. The molecular weight excluding hydrogens is 327 g/mol. The Morgan fingerprint density at radius 2 is 1.67 bits per heavy atom. The highest BCUT2D eigenvalue weighted by atomic mass is 35.5. The van der Waals surface area contributed by atoms with Gasteiger partial charge in [-0.15, -0.1) is 0 Å². The molecular formula is C16H17Cl3N2. The summed E-state index contributed by atoms with van der Waals surface area (Å²) in [6.45, 7) is 2.61. The number of halogens is 3. The maximum atomic E-state index is 6.21. The summed E-state index contributed by atoms with van der Waals surface area (Å²) < 4.78 is 0. The van der Waals surface area contributed by atoms with E-state index in [1.54, 1.807) is 12.1 Å². The molecule has 2 aromatic rings. The fourth-order valence-electron chi connectivity index (χ4n) is 2.12. The number of hydrogen-bond donors (Lipinski definition) is 1. The summed E-state index contributed by atoms with van der Waals surface area (Å²) in [5, 5.41) is 4.95. The van der Waals surface area contributed by atoms with Crippen LogP contribution in [-0.2, 0) is 6.54 Å². The van der Waals surface area contributed by atoms with Crippen LogP contribution in [0.5, 0.6) is 0 Å². The standard InChI is InChI=1S/C16H17Cl3N2/c1-10-4-5-11(8-15(10)21(2)3)20-9-12-13(17)6-7-14(18)16(12)19/h4-8,20H,9H2,1-3H3. The van der Waals surface area contributed by atoms with E-state index in [1.165, 1.54) is 11.3 Å². The molecule has 0 unspecified atom stereocenters. The Morgan fingerprint density at radius 3 is 2.33 bits per heavy atom. The molecule has 0 radical (unpaired) electrons. The fourth-order valence-corrected chi connectivity index (χ4v) is 2.80. The largest absolute Gasteiger partial charge is 0.381 e. The SMILES string of the molecule is Cc1ccc(NCc2c(Cl)ccc(Cl)c2Cl)cc1N(C)C. The van der Waals surface area contributed by atoms with Crippen LogP contribution in [0.4, 0.5) is 11.4 Å². The van der Waals surface area contributed by atoms with Crippen LogP contribution in [0.15, 0.2) is 30.3 Å². The molecule has 0 heterocycles. The number of rotatable bonds is 4. The fraction of sp³-hybridized carbons (Fsp3) is 0.250. The van der Waals surface area contributed by atoms with Crippen LogP contribution < -0.4 is 10.2 Å². The zero-order valence-electron chi connectivity index (χ0n) is 12.2. The van der Waals surface area contributed by atoms with Gasteiger partial charge in [0.1, 0.15) is 0 Å². The average Bonchev–Trinajstić information content (AvgIpc) is 2.44. The highest BCUT2D eigenvalue weighted by Crippen LogP contribution is 2.32. The number of nitrogens with one attached hydrogen (secondary N) is 1. The third kappa shape index (κ3) is 3.76. The van der Waals surface area contributed by atoms with Crippen LogP contribution in [0.25, 0.3) is 0 Å². The predicted molar refractivity (Wildman–Crippen MR) is 94.3 cm³/mol. The molecule has 0 aliphatic carbocycles. The lowest BCUT2D eigenvalue weighted by Gasteiger charge is -2.18. The van der Waals surface area contributed by atoms with Gasteiger partial charge in [0.05, 0.1) is 10.0 Å². The average molecular weight is 344 g/mol. The van der Waals surface area contributed by atoms with E-state index in [0.29, 0.717) is 21.6 Å². The minimum Gasteiger partial charge on any atom is -0.381 e. The topological polar surface area (TPSA) is 15.3 Å². The van der Waals surface area contributed by atoms with Crippen molar-refractivity contribution in [1.82, 2.24) is 0 Å². The molecule has 0 aliphatic heterocycles. The smallest absolute Gasteiger partial charge is 0.0657 e. The van der Waals surface area contributed by atoms with Crippen molar-refractivity contribution < 1.29 is 0 Å². The Bertz CT molecular complexity index is 654. The van der Waals surface area contributed by atoms with Gasteiger partial charge in [-0.3, -0.25) is 0 Å². The molecule has 0 amide bonds. The van der Waals surface area contributed by atoms with Gasteiger partial charge in [0, 0.05) is 42.6 Å². The molecule has 0 saturated heterocycles. The Morgan fingerprint density at radius 1 is 1.00 bits per heavy atom. The van der Waals surface area contributed by atoms with Crippen LogP contribution in [0, 0.1) is 6.92 Å². The third-order valence-corrected chi connectivity index (χ3v) is 4.50. The van der Waals surface area contributed by atoms with Crippen molar-refractivity contribution in [3.8, 4) is 0 Å². The quantitative estimate of drug-likeness (QED) is 0.723. The van der Waals surface area contributed by atoms with Crippen molar-refractivity contribution in [3.63, 3.8) is 0 Å². The summed E-state index contributed by atoms with van der Waals surface area (Å²) in [4.78, 5) is 2.08. The Labute approximate surface area is 140 Å². The maximum absolute atomic E-state index is 6.21. The molecule has 2 aromatic carbocycles. The van der Waals surface area contributed by atoms with Gasteiger partial charge in [0.2, 0.25) is 0 Å². The lowest BCUT2D eigenvalue weighted by Crippen LogP contribution is -2.11. The first-order valence-electron chi connectivity index (χ1n) is 6.54. The van der Waals surface area contributed by atoms with E-state index in [1.807, 2.05) is 20.2 Å². The van der Waals surface area contributed by atoms with E-state index in [4.69, 9.17) is 34.8 Å². The van der Waals surface area contributed by atoms with Gasteiger partial charge in [-0.25, -0.2) is 0 Å². The number of benzene rings is 2. The zero-order valence-corrected chi connectivity index (χ0v) is 14.4. The van der Waals surface area contributed by atoms with E-state index < -0.39 is 0 Å². The molecule has 112 valence electrons. The highest BCUT2D eigenvalue weighted by molar-refractivity contribution is 6.44. The van der Waals surface area contributed by atoms with E-state index in [9.17, 15) is 0 Å². The van der Waals surface area contributed by atoms with Gasteiger partial charge < -0.3 is 10.2 Å². The zero-order chi connectivity index (χ0) is 15.6. The second-order valence-corrected chi connectivity index (χ2v) is 6.26. The summed E-state index contributed by atoms with van der Waals surface area (Å²) in [5.74, 6) is 0. The Hall–Kier alpha value is -1.09. The summed E-state index contributed by atoms with van der Waals surface area (Å²) in [7, 11) is 4.05. The first-order valence-corrected chi connectivity index (χ1v) is 7.67. The van der Waals surface area contributed by atoms with Crippen LogP contribution in [0.3, 0.4) is 0 Å². The van der Waals surface area contributed by atoms with Crippen LogP contribution in [0.1, 0.15) is 11.1 Å². The van der Waals surface area contributed by atoms with Crippen molar-refractivity contribution >= 4 is 46.2 Å². The van der Waals surface area contributed by atoms with Crippen LogP contribution >= 0.6 is 34.8 Å². The van der Waals surface area contributed by atoms with Gasteiger partial charge in [-0.1, -0.05) is 40.9 Å². The first-order chi connectivity index (χ1) is 9.90. The van der Waals surface area contributed by atoms with Gasteiger partial charge in [-0.05, 0) is 36.8 Å². The molecule has 0 aromatic heterocycles. The first kappa shape index (κ1) is 16.3.